The predicted molar refractivity (Wildman–Crippen MR) is 145 cm³/mol. The summed E-state index contributed by atoms with van der Waals surface area (Å²) in [6, 6.07) is 14.3. The topological polar surface area (TPSA) is 68.7 Å². The summed E-state index contributed by atoms with van der Waals surface area (Å²) in [7, 11) is 0. The number of benzene rings is 3. The van der Waals surface area contributed by atoms with E-state index >= 15 is 0 Å². The van der Waals surface area contributed by atoms with Crippen molar-refractivity contribution < 1.29 is 36.9 Å². The van der Waals surface area contributed by atoms with Gasteiger partial charge in [0, 0.05) is 27.4 Å². The summed E-state index contributed by atoms with van der Waals surface area (Å²) in [5.41, 5.74) is 1.57. The summed E-state index contributed by atoms with van der Waals surface area (Å²) < 4.78 is 64.5. The molecule has 11 heteroatoms. The lowest BCUT2D eigenvalue weighted by Gasteiger charge is -2.11. The van der Waals surface area contributed by atoms with Gasteiger partial charge in [-0.05, 0) is 67.8 Å². The van der Waals surface area contributed by atoms with Gasteiger partial charge >= 0.3 is 12.1 Å². The van der Waals surface area contributed by atoms with Crippen LogP contribution in [0.15, 0.2) is 60.7 Å². The molecule has 0 spiro atoms. The molecule has 0 bridgehead atoms. The molecule has 4 rings (SSSR count). The average Bonchev–Trinajstić information content (AvgIpc) is 3.30. The quantitative estimate of drug-likeness (QED) is 0.180. The van der Waals surface area contributed by atoms with Crippen LogP contribution in [0.25, 0.3) is 10.6 Å². The van der Waals surface area contributed by atoms with E-state index in [0.29, 0.717) is 63.2 Å². The fourth-order valence-corrected chi connectivity index (χ4v) is 5.34. The minimum absolute atomic E-state index is 0.275. The molecule has 0 aliphatic rings. The van der Waals surface area contributed by atoms with E-state index in [0.717, 1.165) is 17.0 Å². The third kappa shape index (κ3) is 7.51. The van der Waals surface area contributed by atoms with E-state index in [9.17, 15) is 22.4 Å². The molecule has 0 fully saturated rings. The number of halogens is 5. The Morgan fingerprint density at radius 1 is 1.02 bits per heavy atom. The molecule has 3 aromatic carbocycles. The molecule has 0 atom stereocenters. The van der Waals surface area contributed by atoms with Crippen LogP contribution in [0, 0.1) is 12.7 Å². The number of hydrogen-bond donors (Lipinski definition) is 1. The Balaban J connectivity index is 1.51. The van der Waals surface area contributed by atoms with Gasteiger partial charge in [-0.3, -0.25) is 0 Å². The van der Waals surface area contributed by atoms with Crippen LogP contribution in [0.2, 0.25) is 5.02 Å². The van der Waals surface area contributed by atoms with E-state index in [1.807, 2.05) is 0 Å². The average molecular weight is 594 g/mol. The molecule has 0 amide bonds. The normalized spacial score (nSPS) is 11.4. The lowest BCUT2D eigenvalue weighted by molar-refractivity contribution is -0.139. The summed E-state index contributed by atoms with van der Waals surface area (Å²) >= 11 is 7.54. The number of carbonyl (C=O) groups is 1. The number of alkyl halides is 3. The van der Waals surface area contributed by atoms with Crippen LogP contribution in [-0.4, -0.2) is 29.3 Å². The summed E-state index contributed by atoms with van der Waals surface area (Å²) in [5, 5.41) is 9.66. The molecular formula is C29H24ClF4NO4S. The first-order valence-corrected chi connectivity index (χ1v) is 13.4. The highest BCUT2D eigenvalue weighted by Crippen LogP contribution is 2.34. The summed E-state index contributed by atoms with van der Waals surface area (Å²) in [5.74, 6) is -0.491. The molecule has 40 heavy (non-hydrogen) atoms. The van der Waals surface area contributed by atoms with Crippen molar-refractivity contribution in [3.63, 3.8) is 0 Å². The van der Waals surface area contributed by atoms with Crippen molar-refractivity contribution in [1.82, 2.24) is 4.98 Å². The van der Waals surface area contributed by atoms with Gasteiger partial charge in [-0.15, -0.1) is 11.3 Å². The Morgan fingerprint density at radius 3 is 2.42 bits per heavy atom. The molecule has 210 valence electrons. The predicted octanol–water partition coefficient (Wildman–Crippen LogP) is 7.80. The van der Waals surface area contributed by atoms with Gasteiger partial charge in [-0.1, -0.05) is 29.8 Å². The zero-order valence-corrected chi connectivity index (χ0v) is 22.8. The number of aryl methyl sites for hydroxylation is 2. The van der Waals surface area contributed by atoms with Gasteiger partial charge in [-0.2, -0.15) is 13.2 Å². The lowest BCUT2D eigenvalue weighted by atomic mass is 10.1. The number of thiazole rings is 1. The third-order valence-electron chi connectivity index (χ3n) is 6.01. The zero-order chi connectivity index (χ0) is 28.9. The van der Waals surface area contributed by atoms with Crippen molar-refractivity contribution in [2.45, 2.75) is 32.4 Å². The second-order valence-electron chi connectivity index (χ2n) is 8.87. The van der Waals surface area contributed by atoms with Gasteiger partial charge < -0.3 is 14.6 Å². The minimum atomic E-state index is -4.44. The fraction of sp³-hybridized carbons (Fsp3) is 0.241. The molecule has 1 heterocycles. The molecule has 1 aromatic heterocycles. The summed E-state index contributed by atoms with van der Waals surface area (Å²) in [6.07, 6.45) is -3.31. The highest BCUT2D eigenvalue weighted by molar-refractivity contribution is 7.15. The Kier molecular flexibility index (Phi) is 9.32. The van der Waals surface area contributed by atoms with Crippen LogP contribution in [0.3, 0.4) is 0 Å². The SMILES string of the molecule is Cc1cc(OCCc2sc(-c3ccc(C(F)(F)F)cc3)nc2CCc2c(F)cccc2Cl)ccc1OCC(=O)O. The second kappa shape index (κ2) is 12.7. The summed E-state index contributed by atoms with van der Waals surface area (Å²) in [6.45, 7) is 1.60. The minimum Gasteiger partial charge on any atom is -0.493 e. The van der Waals surface area contributed by atoms with Gasteiger partial charge in [-0.25, -0.2) is 14.2 Å². The van der Waals surface area contributed by atoms with Crippen molar-refractivity contribution >= 4 is 28.9 Å². The molecule has 1 N–H and O–H groups in total. The number of carboxylic acid groups (broad SMARTS) is 1. The monoisotopic (exact) mass is 593 g/mol. The van der Waals surface area contributed by atoms with Gasteiger partial charge in [0.05, 0.1) is 17.9 Å². The van der Waals surface area contributed by atoms with E-state index in [1.54, 1.807) is 31.2 Å². The van der Waals surface area contributed by atoms with Crippen LogP contribution in [0.5, 0.6) is 11.5 Å². The van der Waals surface area contributed by atoms with Gasteiger partial charge in [0.25, 0.3) is 0 Å². The highest BCUT2D eigenvalue weighted by atomic mass is 35.5. The van der Waals surface area contributed by atoms with E-state index in [2.05, 4.69) is 4.98 Å². The van der Waals surface area contributed by atoms with Crippen molar-refractivity contribution in [2.24, 2.45) is 0 Å². The molecule has 0 aliphatic heterocycles. The molecule has 5 nitrogen and oxygen atoms in total. The van der Waals surface area contributed by atoms with E-state index < -0.39 is 30.1 Å². The maximum Gasteiger partial charge on any atom is 0.416 e. The number of hydrogen-bond acceptors (Lipinski definition) is 5. The first kappa shape index (κ1) is 29.4. The Bertz CT molecular complexity index is 1470. The second-order valence-corrected chi connectivity index (χ2v) is 10.4. The number of nitrogens with zero attached hydrogens (tertiary/aromatic N) is 1. The molecule has 0 unspecified atom stereocenters. The first-order chi connectivity index (χ1) is 19.0. The van der Waals surface area contributed by atoms with E-state index in [1.165, 1.54) is 35.6 Å². The van der Waals surface area contributed by atoms with Gasteiger partial charge in [0.2, 0.25) is 0 Å². The smallest absolute Gasteiger partial charge is 0.416 e. The maximum atomic E-state index is 14.3. The fourth-order valence-electron chi connectivity index (χ4n) is 3.99. The van der Waals surface area contributed by atoms with Crippen LogP contribution in [0.4, 0.5) is 17.6 Å². The number of ether oxygens (including phenoxy) is 2. The molecule has 0 radical (unpaired) electrons. The third-order valence-corrected chi connectivity index (χ3v) is 7.57. The van der Waals surface area contributed by atoms with Gasteiger partial charge in [0.1, 0.15) is 22.3 Å². The van der Waals surface area contributed by atoms with Crippen LogP contribution >= 0.6 is 22.9 Å². The first-order valence-electron chi connectivity index (χ1n) is 12.2. The highest BCUT2D eigenvalue weighted by Gasteiger charge is 2.30. The zero-order valence-electron chi connectivity index (χ0n) is 21.2. The summed E-state index contributed by atoms with van der Waals surface area (Å²) in [4.78, 5) is 16.3. The maximum absolute atomic E-state index is 14.3. The van der Waals surface area contributed by atoms with Crippen LogP contribution in [-0.2, 0) is 30.2 Å². The molecule has 4 aromatic rings. The number of rotatable bonds is 11. The van der Waals surface area contributed by atoms with Crippen molar-refractivity contribution in [1.29, 1.82) is 0 Å². The molecular weight excluding hydrogens is 570 g/mol. The number of aliphatic carboxylic acids is 1. The Hall–Kier alpha value is -3.63. The van der Waals surface area contributed by atoms with Crippen molar-refractivity contribution in [3.05, 3.63) is 98.8 Å². The van der Waals surface area contributed by atoms with Gasteiger partial charge in [0.15, 0.2) is 6.61 Å². The number of aromatic nitrogens is 1. The largest absolute Gasteiger partial charge is 0.493 e. The number of carboxylic acids is 1. The van der Waals surface area contributed by atoms with E-state index in [-0.39, 0.29) is 6.61 Å². The van der Waals surface area contributed by atoms with Crippen LogP contribution < -0.4 is 9.47 Å². The Labute approximate surface area is 237 Å². The van der Waals surface area contributed by atoms with Crippen LogP contribution in [0.1, 0.15) is 27.3 Å². The van der Waals surface area contributed by atoms with Crippen molar-refractivity contribution in [2.75, 3.05) is 13.2 Å². The van der Waals surface area contributed by atoms with Crippen molar-refractivity contribution in [3.8, 4) is 22.1 Å². The molecule has 0 saturated carbocycles. The Morgan fingerprint density at radius 2 is 1.77 bits per heavy atom. The lowest BCUT2D eigenvalue weighted by Crippen LogP contribution is -2.10. The molecule has 0 aliphatic carbocycles. The molecule has 0 saturated heterocycles. The standard InChI is InChI=1S/C29H24ClF4NO4S/c1-17-15-20(9-12-25(17)39-16-27(36)37)38-14-13-26-24(11-10-21-22(30)3-2-4-23(21)31)35-28(40-26)18-5-7-19(8-6-18)29(32,33)34/h2-9,12,15H,10-11,13-14,16H2,1H3,(H,36,37). The van der Waals surface area contributed by atoms with E-state index in [4.69, 9.17) is 26.2 Å².